The van der Waals surface area contributed by atoms with E-state index < -0.39 is 0 Å². The average molecular weight is 303 g/mol. The Bertz CT molecular complexity index is 621. The number of nitrogens with one attached hydrogen (secondary N) is 2. The molecule has 7 nitrogen and oxygen atoms in total. The van der Waals surface area contributed by atoms with E-state index in [1.165, 1.54) is 6.33 Å². The van der Waals surface area contributed by atoms with Crippen molar-refractivity contribution in [2.24, 2.45) is 0 Å². The molecule has 0 aliphatic heterocycles. The number of para-hydroxylation sites is 2. The number of ether oxygens (including phenoxy) is 2. The smallest absolute Gasteiger partial charge is 0.159 e. The van der Waals surface area contributed by atoms with Crippen LogP contribution in [-0.2, 0) is 4.74 Å². The summed E-state index contributed by atoms with van der Waals surface area (Å²) < 4.78 is 10.4. The zero-order chi connectivity index (χ0) is 15.9. The lowest BCUT2D eigenvalue weighted by Gasteiger charge is -2.17. The number of anilines is 4. The summed E-state index contributed by atoms with van der Waals surface area (Å²) in [4.78, 5) is 8.36. The zero-order valence-electron chi connectivity index (χ0n) is 13.0. The molecule has 1 heterocycles. The summed E-state index contributed by atoms with van der Waals surface area (Å²) in [6.07, 6.45) is 1.45. The number of rotatable bonds is 7. The lowest BCUT2D eigenvalue weighted by molar-refractivity contribution is 0.190. The van der Waals surface area contributed by atoms with Gasteiger partial charge in [0.25, 0.3) is 0 Å². The maximum atomic E-state index is 6.14. The highest BCUT2D eigenvalue weighted by molar-refractivity contribution is 5.79. The molecule has 7 heteroatoms. The molecular formula is C15H21N5O2. The van der Waals surface area contributed by atoms with Gasteiger partial charge in [-0.05, 0) is 19.1 Å². The topological polar surface area (TPSA) is 94.3 Å². The summed E-state index contributed by atoms with van der Waals surface area (Å²) >= 11 is 0. The highest BCUT2D eigenvalue weighted by Crippen LogP contribution is 2.30. The van der Waals surface area contributed by atoms with Gasteiger partial charge < -0.3 is 25.8 Å². The van der Waals surface area contributed by atoms with E-state index in [9.17, 15) is 0 Å². The minimum atomic E-state index is 0.0845. The van der Waals surface area contributed by atoms with Crippen LogP contribution in [0.25, 0.3) is 0 Å². The van der Waals surface area contributed by atoms with Gasteiger partial charge in [0.2, 0.25) is 0 Å². The van der Waals surface area contributed by atoms with E-state index in [4.69, 9.17) is 15.2 Å². The van der Waals surface area contributed by atoms with E-state index >= 15 is 0 Å². The van der Waals surface area contributed by atoms with E-state index in [-0.39, 0.29) is 6.04 Å². The molecule has 0 aliphatic rings. The van der Waals surface area contributed by atoms with Gasteiger partial charge in [0.05, 0.1) is 19.4 Å². The molecular weight excluding hydrogens is 282 g/mol. The van der Waals surface area contributed by atoms with Gasteiger partial charge in [-0.3, -0.25) is 0 Å². The Morgan fingerprint density at radius 1 is 1.18 bits per heavy atom. The number of nitrogen functional groups attached to an aromatic ring is 1. The molecule has 4 N–H and O–H groups in total. The molecule has 2 rings (SSSR count). The fourth-order valence-electron chi connectivity index (χ4n) is 2.01. The van der Waals surface area contributed by atoms with E-state index in [0.29, 0.717) is 29.7 Å². The Balaban J connectivity index is 2.21. The first kappa shape index (κ1) is 15.8. The van der Waals surface area contributed by atoms with Crippen LogP contribution in [0.4, 0.5) is 23.0 Å². The molecule has 2 aromatic rings. The summed E-state index contributed by atoms with van der Waals surface area (Å²) in [5, 5.41) is 6.36. The minimum absolute atomic E-state index is 0.0845. The minimum Gasteiger partial charge on any atom is -0.495 e. The molecule has 22 heavy (non-hydrogen) atoms. The molecule has 0 radical (unpaired) electrons. The number of hydrogen-bond donors (Lipinski definition) is 3. The Labute approximate surface area is 129 Å². The van der Waals surface area contributed by atoms with Gasteiger partial charge >= 0.3 is 0 Å². The highest BCUT2D eigenvalue weighted by atomic mass is 16.5. The van der Waals surface area contributed by atoms with Gasteiger partial charge in [0.1, 0.15) is 17.8 Å². The van der Waals surface area contributed by atoms with Crippen LogP contribution in [0.3, 0.4) is 0 Å². The van der Waals surface area contributed by atoms with Gasteiger partial charge in [-0.25, -0.2) is 9.97 Å². The van der Waals surface area contributed by atoms with Crippen molar-refractivity contribution in [1.82, 2.24) is 9.97 Å². The molecule has 1 unspecified atom stereocenters. The molecule has 0 aliphatic carbocycles. The third kappa shape index (κ3) is 3.76. The van der Waals surface area contributed by atoms with Crippen LogP contribution < -0.4 is 21.1 Å². The molecule has 0 fully saturated rings. The van der Waals surface area contributed by atoms with Gasteiger partial charge in [-0.1, -0.05) is 12.1 Å². The number of nitrogens with zero attached hydrogens (tertiary/aromatic N) is 2. The SMILES string of the molecule is COCC(C)Nc1ncnc(Nc2ccccc2OC)c1N. The van der Waals surface area contributed by atoms with E-state index in [2.05, 4.69) is 20.6 Å². The van der Waals surface area contributed by atoms with Crippen LogP contribution >= 0.6 is 0 Å². The molecule has 1 aromatic carbocycles. The van der Waals surface area contributed by atoms with Crippen LogP contribution in [-0.4, -0.2) is 36.8 Å². The summed E-state index contributed by atoms with van der Waals surface area (Å²) in [5.74, 6) is 1.80. The largest absolute Gasteiger partial charge is 0.495 e. The summed E-state index contributed by atoms with van der Waals surface area (Å²) in [6, 6.07) is 7.64. The first-order valence-corrected chi connectivity index (χ1v) is 6.91. The van der Waals surface area contributed by atoms with Crippen LogP contribution in [0.2, 0.25) is 0 Å². The molecule has 0 saturated carbocycles. The van der Waals surface area contributed by atoms with E-state index in [0.717, 1.165) is 5.69 Å². The Hall–Kier alpha value is -2.54. The zero-order valence-corrected chi connectivity index (χ0v) is 13.0. The van der Waals surface area contributed by atoms with Crippen molar-refractivity contribution in [2.75, 3.05) is 37.2 Å². The second-order valence-electron chi connectivity index (χ2n) is 4.81. The Kier molecular flexibility index (Phi) is 5.37. The molecule has 1 atom stereocenters. The fraction of sp³-hybridized carbons (Fsp3) is 0.333. The maximum Gasteiger partial charge on any atom is 0.159 e. The first-order chi connectivity index (χ1) is 10.7. The number of nitrogens with two attached hydrogens (primary N) is 1. The normalized spacial score (nSPS) is 11.8. The summed E-state index contributed by atoms with van der Waals surface area (Å²) in [5.41, 5.74) is 7.36. The van der Waals surface area contributed by atoms with Crippen LogP contribution in [0, 0.1) is 0 Å². The quantitative estimate of drug-likeness (QED) is 0.722. The number of aromatic nitrogens is 2. The van der Waals surface area contributed by atoms with Crippen molar-refractivity contribution in [1.29, 1.82) is 0 Å². The van der Waals surface area contributed by atoms with Crippen molar-refractivity contribution < 1.29 is 9.47 Å². The highest BCUT2D eigenvalue weighted by Gasteiger charge is 2.12. The van der Waals surface area contributed by atoms with Crippen molar-refractivity contribution in [2.45, 2.75) is 13.0 Å². The van der Waals surface area contributed by atoms with Gasteiger partial charge in [-0.2, -0.15) is 0 Å². The second-order valence-corrected chi connectivity index (χ2v) is 4.81. The van der Waals surface area contributed by atoms with Gasteiger partial charge in [-0.15, -0.1) is 0 Å². The van der Waals surface area contributed by atoms with Crippen LogP contribution in [0.15, 0.2) is 30.6 Å². The van der Waals surface area contributed by atoms with Crippen molar-refractivity contribution in [3.05, 3.63) is 30.6 Å². The van der Waals surface area contributed by atoms with Gasteiger partial charge in [0, 0.05) is 13.2 Å². The molecule has 0 spiro atoms. The lowest BCUT2D eigenvalue weighted by Crippen LogP contribution is -2.22. The Morgan fingerprint density at radius 3 is 2.64 bits per heavy atom. The van der Waals surface area contributed by atoms with Crippen molar-refractivity contribution >= 4 is 23.0 Å². The second kappa shape index (κ2) is 7.46. The first-order valence-electron chi connectivity index (χ1n) is 6.91. The standard InChI is InChI=1S/C15H21N5O2/c1-10(8-21-2)19-14-13(16)15(18-9-17-14)20-11-6-4-5-7-12(11)22-3/h4-7,9-10H,8,16H2,1-3H3,(H2,17,18,19,20). The molecule has 1 aromatic heterocycles. The summed E-state index contributed by atoms with van der Waals surface area (Å²) in [7, 11) is 3.26. The lowest BCUT2D eigenvalue weighted by atomic mass is 10.3. The third-order valence-corrected chi connectivity index (χ3v) is 3.04. The van der Waals surface area contributed by atoms with Crippen molar-refractivity contribution in [3.63, 3.8) is 0 Å². The fourth-order valence-corrected chi connectivity index (χ4v) is 2.01. The van der Waals surface area contributed by atoms with Crippen molar-refractivity contribution in [3.8, 4) is 5.75 Å². The number of methoxy groups -OCH3 is 2. The molecule has 0 amide bonds. The van der Waals surface area contributed by atoms with Gasteiger partial charge in [0.15, 0.2) is 11.6 Å². The van der Waals surface area contributed by atoms with E-state index in [1.54, 1.807) is 14.2 Å². The summed E-state index contributed by atoms with van der Waals surface area (Å²) in [6.45, 7) is 2.54. The predicted molar refractivity (Wildman–Crippen MR) is 87.7 cm³/mol. The average Bonchev–Trinajstić information content (AvgIpc) is 2.52. The monoisotopic (exact) mass is 303 g/mol. The Morgan fingerprint density at radius 2 is 1.91 bits per heavy atom. The number of benzene rings is 1. The molecule has 118 valence electrons. The molecule has 0 saturated heterocycles. The maximum absolute atomic E-state index is 6.14. The van der Waals surface area contributed by atoms with Crippen LogP contribution in [0.5, 0.6) is 5.75 Å². The van der Waals surface area contributed by atoms with Crippen LogP contribution in [0.1, 0.15) is 6.92 Å². The predicted octanol–water partition coefficient (Wildman–Crippen LogP) is 2.26. The third-order valence-electron chi connectivity index (χ3n) is 3.04. The molecule has 0 bridgehead atoms. The number of hydrogen-bond acceptors (Lipinski definition) is 7. The van der Waals surface area contributed by atoms with E-state index in [1.807, 2.05) is 31.2 Å².